The van der Waals surface area contributed by atoms with Crippen molar-refractivity contribution in [1.82, 2.24) is 0 Å². The maximum absolute atomic E-state index is 13.7. The van der Waals surface area contributed by atoms with Crippen molar-refractivity contribution in [3.63, 3.8) is 0 Å². The first-order chi connectivity index (χ1) is 9.00. The summed E-state index contributed by atoms with van der Waals surface area (Å²) < 4.78 is 27.4. The zero-order chi connectivity index (χ0) is 14.0. The van der Waals surface area contributed by atoms with Crippen LogP contribution in [0.2, 0.25) is 5.02 Å². The summed E-state index contributed by atoms with van der Waals surface area (Å²) in [6, 6.07) is 8.77. The molecule has 0 aliphatic heterocycles. The predicted molar refractivity (Wildman–Crippen MR) is 74.6 cm³/mol. The Balaban J connectivity index is 2.31. The van der Waals surface area contributed by atoms with Gasteiger partial charge in [-0.05, 0) is 43.7 Å². The molecule has 0 heterocycles. The molecule has 1 N–H and O–H groups in total. The number of anilines is 1. The van der Waals surface area contributed by atoms with Crippen molar-refractivity contribution in [3.05, 3.63) is 64.2 Å². The lowest BCUT2D eigenvalue weighted by Crippen LogP contribution is -2.11. The van der Waals surface area contributed by atoms with E-state index in [2.05, 4.69) is 5.32 Å². The first-order valence-corrected chi connectivity index (χ1v) is 6.34. The van der Waals surface area contributed by atoms with E-state index in [1.165, 1.54) is 18.2 Å². The SMILES string of the molecule is Cc1c(Cl)cccc1NC(C)c1c(F)cccc1F. The number of halogens is 3. The van der Waals surface area contributed by atoms with Crippen LogP contribution in [0.5, 0.6) is 0 Å². The Kier molecular flexibility index (Phi) is 4.05. The summed E-state index contributed by atoms with van der Waals surface area (Å²) in [5.41, 5.74) is 1.65. The fourth-order valence-electron chi connectivity index (χ4n) is 1.99. The fourth-order valence-corrected chi connectivity index (χ4v) is 2.17. The summed E-state index contributed by atoms with van der Waals surface area (Å²) in [4.78, 5) is 0. The molecule has 4 heteroatoms. The molecule has 0 saturated heterocycles. The maximum atomic E-state index is 13.7. The summed E-state index contributed by atoms with van der Waals surface area (Å²) in [5.74, 6) is -1.11. The number of nitrogens with one attached hydrogen (secondary N) is 1. The summed E-state index contributed by atoms with van der Waals surface area (Å²) in [5, 5.41) is 3.70. The molecule has 100 valence electrons. The highest BCUT2D eigenvalue weighted by Crippen LogP contribution is 2.28. The van der Waals surface area contributed by atoms with Gasteiger partial charge in [0.15, 0.2) is 0 Å². The summed E-state index contributed by atoms with van der Waals surface area (Å²) in [6.45, 7) is 3.57. The molecule has 0 fully saturated rings. The molecule has 2 aromatic rings. The van der Waals surface area contributed by atoms with Gasteiger partial charge in [0.2, 0.25) is 0 Å². The van der Waals surface area contributed by atoms with Gasteiger partial charge in [0.05, 0.1) is 6.04 Å². The molecule has 0 radical (unpaired) electrons. The average molecular weight is 282 g/mol. The van der Waals surface area contributed by atoms with Crippen LogP contribution in [0.4, 0.5) is 14.5 Å². The van der Waals surface area contributed by atoms with Gasteiger partial charge in [0.1, 0.15) is 11.6 Å². The second-order valence-electron chi connectivity index (χ2n) is 4.41. The summed E-state index contributed by atoms with van der Waals surface area (Å²) in [7, 11) is 0. The van der Waals surface area contributed by atoms with E-state index in [9.17, 15) is 8.78 Å². The van der Waals surface area contributed by atoms with Gasteiger partial charge in [-0.25, -0.2) is 8.78 Å². The number of benzene rings is 2. The highest BCUT2D eigenvalue weighted by molar-refractivity contribution is 6.31. The highest BCUT2D eigenvalue weighted by Gasteiger charge is 2.16. The molecule has 0 aliphatic rings. The molecular formula is C15H14ClF2N. The van der Waals surface area contributed by atoms with Crippen molar-refractivity contribution in [1.29, 1.82) is 0 Å². The minimum absolute atomic E-state index is 0.0295. The van der Waals surface area contributed by atoms with E-state index in [4.69, 9.17) is 11.6 Å². The zero-order valence-electron chi connectivity index (χ0n) is 10.7. The predicted octanol–water partition coefficient (Wildman–Crippen LogP) is 5.10. The van der Waals surface area contributed by atoms with E-state index in [1.54, 1.807) is 19.1 Å². The summed E-state index contributed by atoms with van der Waals surface area (Å²) >= 11 is 6.02. The Hall–Kier alpha value is -1.61. The van der Waals surface area contributed by atoms with Crippen LogP contribution in [-0.2, 0) is 0 Å². The van der Waals surface area contributed by atoms with Gasteiger partial charge in [-0.3, -0.25) is 0 Å². The Morgan fingerprint density at radius 2 is 1.63 bits per heavy atom. The van der Waals surface area contributed by atoms with E-state index in [1.807, 2.05) is 13.0 Å². The third-order valence-corrected chi connectivity index (χ3v) is 3.48. The molecule has 0 saturated carbocycles. The molecule has 1 nitrogen and oxygen atoms in total. The van der Waals surface area contributed by atoms with Crippen molar-refractivity contribution < 1.29 is 8.78 Å². The lowest BCUT2D eigenvalue weighted by Gasteiger charge is -2.19. The maximum Gasteiger partial charge on any atom is 0.131 e. The van der Waals surface area contributed by atoms with Crippen molar-refractivity contribution in [2.24, 2.45) is 0 Å². The largest absolute Gasteiger partial charge is 0.378 e. The molecular weight excluding hydrogens is 268 g/mol. The van der Waals surface area contributed by atoms with Crippen LogP contribution in [-0.4, -0.2) is 0 Å². The topological polar surface area (TPSA) is 12.0 Å². The molecule has 0 aromatic heterocycles. The van der Waals surface area contributed by atoms with Crippen LogP contribution in [0.3, 0.4) is 0 Å². The van der Waals surface area contributed by atoms with Crippen LogP contribution in [0.1, 0.15) is 24.1 Å². The van der Waals surface area contributed by atoms with E-state index in [-0.39, 0.29) is 5.56 Å². The smallest absolute Gasteiger partial charge is 0.131 e. The van der Waals surface area contributed by atoms with Crippen molar-refractivity contribution in [2.45, 2.75) is 19.9 Å². The monoisotopic (exact) mass is 281 g/mol. The first kappa shape index (κ1) is 13.8. The van der Waals surface area contributed by atoms with Gasteiger partial charge in [-0.1, -0.05) is 23.7 Å². The Morgan fingerprint density at radius 1 is 1.05 bits per heavy atom. The van der Waals surface area contributed by atoms with Crippen LogP contribution in [0.15, 0.2) is 36.4 Å². The third kappa shape index (κ3) is 2.87. The first-order valence-electron chi connectivity index (χ1n) is 5.96. The standard InChI is InChI=1S/C15H14ClF2N/c1-9-11(16)5-3-8-14(9)19-10(2)15-12(17)6-4-7-13(15)18/h3-8,10,19H,1-2H3. The van der Waals surface area contributed by atoms with Gasteiger partial charge in [0, 0.05) is 16.3 Å². The third-order valence-electron chi connectivity index (χ3n) is 3.07. The second-order valence-corrected chi connectivity index (χ2v) is 4.82. The molecule has 2 rings (SSSR count). The molecule has 0 bridgehead atoms. The van der Waals surface area contributed by atoms with E-state index < -0.39 is 17.7 Å². The molecule has 0 aliphatic carbocycles. The number of rotatable bonds is 3. The van der Waals surface area contributed by atoms with E-state index in [0.29, 0.717) is 5.02 Å². The Labute approximate surface area is 116 Å². The lowest BCUT2D eigenvalue weighted by molar-refractivity contribution is 0.544. The fraction of sp³-hybridized carbons (Fsp3) is 0.200. The van der Waals surface area contributed by atoms with Gasteiger partial charge in [-0.15, -0.1) is 0 Å². The number of hydrogen-bond donors (Lipinski definition) is 1. The molecule has 2 aromatic carbocycles. The van der Waals surface area contributed by atoms with Crippen molar-refractivity contribution in [3.8, 4) is 0 Å². The van der Waals surface area contributed by atoms with E-state index >= 15 is 0 Å². The zero-order valence-corrected chi connectivity index (χ0v) is 11.4. The lowest BCUT2D eigenvalue weighted by atomic mass is 10.1. The highest BCUT2D eigenvalue weighted by atomic mass is 35.5. The second kappa shape index (κ2) is 5.57. The molecule has 0 amide bonds. The van der Waals surface area contributed by atoms with Crippen LogP contribution in [0.25, 0.3) is 0 Å². The minimum Gasteiger partial charge on any atom is -0.378 e. The van der Waals surface area contributed by atoms with Crippen molar-refractivity contribution >= 4 is 17.3 Å². The van der Waals surface area contributed by atoms with Crippen LogP contribution < -0.4 is 5.32 Å². The molecule has 1 atom stereocenters. The Bertz CT molecular complexity index is 578. The quantitative estimate of drug-likeness (QED) is 0.825. The van der Waals surface area contributed by atoms with Crippen LogP contribution in [0, 0.1) is 18.6 Å². The van der Waals surface area contributed by atoms with Gasteiger partial charge >= 0.3 is 0 Å². The molecule has 1 unspecified atom stereocenters. The minimum atomic E-state index is -0.556. The van der Waals surface area contributed by atoms with Crippen LogP contribution >= 0.6 is 11.6 Å². The Morgan fingerprint density at radius 3 is 2.26 bits per heavy atom. The summed E-state index contributed by atoms with van der Waals surface area (Å²) in [6.07, 6.45) is 0. The van der Waals surface area contributed by atoms with Gasteiger partial charge in [0.25, 0.3) is 0 Å². The van der Waals surface area contributed by atoms with Gasteiger partial charge in [-0.2, -0.15) is 0 Å². The molecule has 19 heavy (non-hydrogen) atoms. The van der Waals surface area contributed by atoms with Gasteiger partial charge < -0.3 is 5.32 Å². The molecule has 0 spiro atoms. The van der Waals surface area contributed by atoms with Crippen molar-refractivity contribution in [2.75, 3.05) is 5.32 Å². The normalized spacial score (nSPS) is 12.3. The average Bonchev–Trinajstić information content (AvgIpc) is 2.35. The number of hydrogen-bond acceptors (Lipinski definition) is 1. The van der Waals surface area contributed by atoms with E-state index in [0.717, 1.165) is 11.3 Å².